The molecule has 112 valence electrons. The molecule has 0 radical (unpaired) electrons. The lowest BCUT2D eigenvalue weighted by atomic mass is 10.1. The summed E-state index contributed by atoms with van der Waals surface area (Å²) in [6.07, 6.45) is 0.966. The maximum Gasteiger partial charge on any atom is 0.169 e. The number of aromatic hydroxyl groups is 1. The highest BCUT2D eigenvalue weighted by Crippen LogP contribution is 2.38. The van der Waals surface area contributed by atoms with Crippen molar-refractivity contribution in [3.63, 3.8) is 0 Å². The summed E-state index contributed by atoms with van der Waals surface area (Å²) in [6.45, 7) is 4.95. The fourth-order valence-corrected chi connectivity index (χ4v) is 2.61. The van der Waals surface area contributed by atoms with Gasteiger partial charge in [0.05, 0.1) is 0 Å². The Balaban J connectivity index is 2.16. The van der Waals surface area contributed by atoms with E-state index in [9.17, 15) is 5.11 Å². The minimum atomic E-state index is 0.253. The number of aromatic nitrogens is 2. The molecule has 3 nitrogen and oxygen atoms in total. The lowest BCUT2D eigenvalue weighted by Gasteiger charge is -2.06. The van der Waals surface area contributed by atoms with E-state index in [1.165, 1.54) is 5.56 Å². The lowest BCUT2D eigenvalue weighted by Crippen LogP contribution is -2.01. The van der Waals surface area contributed by atoms with Gasteiger partial charge in [-0.25, -0.2) is 0 Å². The van der Waals surface area contributed by atoms with Crippen LogP contribution >= 0.6 is 0 Å². The van der Waals surface area contributed by atoms with Crippen molar-refractivity contribution in [3.8, 4) is 28.3 Å². The molecule has 1 N–H and O–H groups in total. The van der Waals surface area contributed by atoms with E-state index in [1.54, 1.807) is 0 Å². The zero-order valence-electron chi connectivity index (χ0n) is 13.0. The molecule has 0 saturated carbocycles. The molecule has 0 spiro atoms. The number of hydrogen-bond acceptors (Lipinski definition) is 2. The van der Waals surface area contributed by atoms with Gasteiger partial charge in [0.25, 0.3) is 0 Å². The predicted octanol–water partition coefficient (Wildman–Crippen LogP) is 4.64. The lowest BCUT2D eigenvalue weighted by molar-refractivity contribution is 0.477. The molecule has 3 rings (SSSR count). The molecule has 0 aliphatic heterocycles. The molecule has 0 amide bonds. The van der Waals surface area contributed by atoms with Gasteiger partial charge >= 0.3 is 0 Å². The van der Waals surface area contributed by atoms with Gasteiger partial charge in [0.2, 0.25) is 0 Å². The van der Waals surface area contributed by atoms with Gasteiger partial charge in [0.15, 0.2) is 5.75 Å². The molecule has 0 aliphatic rings. The minimum absolute atomic E-state index is 0.253. The van der Waals surface area contributed by atoms with Gasteiger partial charge in [-0.15, -0.1) is 0 Å². The third-order valence-corrected chi connectivity index (χ3v) is 3.74. The first-order valence-electron chi connectivity index (χ1n) is 7.63. The van der Waals surface area contributed by atoms with E-state index in [1.807, 2.05) is 47.1 Å². The third kappa shape index (κ3) is 2.62. The second-order valence-corrected chi connectivity index (χ2v) is 5.50. The fourth-order valence-electron chi connectivity index (χ4n) is 2.61. The van der Waals surface area contributed by atoms with Crippen LogP contribution in [0.1, 0.15) is 18.9 Å². The van der Waals surface area contributed by atoms with Gasteiger partial charge < -0.3 is 5.11 Å². The van der Waals surface area contributed by atoms with Gasteiger partial charge in [-0.1, -0.05) is 67.1 Å². The van der Waals surface area contributed by atoms with Crippen molar-refractivity contribution in [2.45, 2.75) is 26.8 Å². The van der Waals surface area contributed by atoms with E-state index >= 15 is 0 Å². The summed E-state index contributed by atoms with van der Waals surface area (Å²) in [5.41, 5.74) is 4.56. The quantitative estimate of drug-likeness (QED) is 0.760. The van der Waals surface area contributed by atoms with E-state index in [0.717, 1.165) is 29.8 Å². The summed E-state index contributed by atoms with van der Waals surface area (Å²) in [6, 6.07) is 18.0. The van der Waals surface area contributed by atoms with Crippen LogP contribution in [0.5, 0.6) is 5.75 Å². The molecular weight excluding hydrogens is 272 g/mol. The highest BCUT2D eigenvalue weighted by atomic mass is 16.3. The van der Waals surface area contributed by atoms with Crippen molar-refractivity contribution in [2.24, 2.45) is 0 Å². The summed E-state index contributed by atoms with van der Waals surface area (Å²) >= 11 is 0. The first-order chi connectivity index (χ1) is 10.7. The molecule has 0 bridgehead atoms. The second kappa shape index (κ2) is 6.06. The Hall–Kier alpha value is -2.55. The maximum atomic E-state index is 10.7. The average molecular weight is 292 g/mol. The molecule has 22 heavy (non-hydrogen) atoms. The van der Waals surface area contributed by atoms with Crippen molar-refractivity contribution < 1.29 is 5.11 Å². The summed E-state index contributed by atoms with van der Waals surface area (Å²) in [4.78, 5) is 0. The Morgan fingerprint density at radius 1 is 0.955 bits per heavy atom. The summed E-state index contributed by atoms with van der Waals surface area (Å²) < 4.78 is 1.91. The molecular formula is C19H20N2O. The van der Waals surface area contributed by atoms with E-state index < -0.39 is 0 Å². The largest absolute Gasteiger partial charge is 0.504 e. The van der Waals surface area contributed by atoms with Crippen molar-refractivity contribution in [1.29, 1.82) is 0 Å². The Kier molecular flexibility index (Phi) is 3.96. The average Bonchev–Trinajstić information content (AvgIpc) is 2.86. The van der Waals surface area contributed by atoms with E-state index in [0.29, 0.717) is 5.69 Å². The standard InChI is InChI=1S/C19H20N2O/c1-3-13-21-18(16-11-9-14(2)10-12-16)19(22)17(20-21)15-7-5-4-6-8-15/h4-12,22H,3,13H2,1-2H3. The van der Waals surface area contributed by atoms with Crippen LogP contribution in [0.4, 0.5) is 0 Å². The van der Waals surface area contributed by atoms with Crippen LogP contribution < -0.4 is 0 Å². The van der Waals surface area contributed by atoms with E-state index in [4.69, 9.17) is 0 Å². The Labute approximate surface area is 130 Å². The Bertz CT molecular complexity index is 758. The van der Waals surface area contributed by atoms with Crippen LogP contribution in [0.2, 0.25) is 0 Å². The summed E-state index contributed by atoms with van der Waals surface area (Å²) in [5.74, 6) is 0.253. The highest BCUT2D eigenvalue weighted by Gasteiger charge is 2.19. The van der Waals surface area contributed by atoms with Gasteiger partial charge in [-0.2, -0.15) is 5.10 Å². The molecule has 0 unspecified atom stereocenters. The zero-order valence-corrected chi connectivity index (χ0v) is 13.0. The molecule has 0 atom stereocenters. The predicted molar refractivity (Wildman–Crippen MR) is 89.8 cm³/mol. The van der Waals surface area contributed by atoms with Crippen LogP contribution in [0.15, 0.2) is 54.6 Å². The first-order valence-corrected chi connectivity index (χ1v) is 7.63. The highest BCUT2D eigenvalue weighted by molar-refractivity contribution is 5.78. The molecule has 1 heterocycles. The molecule has 2 aromatic carbocycles. The number of rotatable bonds is 4. The number of benzene rings is 2. The minimum Gasteiger partial charge on any atom is -0.504 e. The van der Waals surface area contributed by atoms with Crippen LogP contribution in [0, 0.1) is 6.92 Å². The molecule has 0 fully saturated rings. The molecule has 0 saturated heterocycles. The topological polar surface area (TPSA) is 38.0 Å². The van der Waals surface area contributed by atoms with Gasteiger partial charge in [0.1, 0.15) is 11.4 Å². The van der Waals surface area contributed by atoms with Gasteiger partial charge in [-0.3, -0.25) is 4.68 Å². The molecule has 0 aliphatic carbocycles. The number of aryl methyl sites for hydroxylation is 2. The zero-order chi connectivity index (χ0) is 15.5. The second-order valence-electron chi connectivity index (χ2n) is 5.50. The first kappa shape index (κ1) is 14.4. The Morgan fingerprint density at radius 3 is 2.27 bits per heavy atom. The van der Waals surface area contributed by atoms with Crippen LogP contribution in [0.3, 0.4) is 0 Å². The van der Waals surface area contributed by atoms with E-state index in [2.05, 4.69) is 31.1 Å². The number of hydrogen-bond donors (Lipinski definition) is 1. The Morgan fingerprint density at radius 2 is 1.64 bits per heavy atom. The van der Waals surface area contributed by atoms with Crippen LogP contribution in [-0.2, 0) is 6.54 Å². The van der Waals surface area contributed by atoms with Crippen molar-refractivity contribution in [2.75, 3.05) is 0 Å². The third-order valence-electron chi connectivity index (χ3n) is 3.74. The smallest absolute Gasteiger partial charge is 0.169 e. The molecule has 3 aromatic rings. The normalized spacial score (nSPS) is 10.8. The van der Waals surface area contributed by atoms with E-state index in [-0.39, 0.29) is 5.75 Å². The summed E-state index contributed by atoms with van der Waals surface area (Å²) in [7, 11) is 0. The van der Waals surface area contributed by atoms with Crippen LogP contribution in [-0.4, -0.2) is 14.9 Å². The van der Waals surface area contributed by atoms with Crippen molar-refractivity contribution >= 4 is 0 Å². The summed E-state index contributed by atoms with van der Waals surface area (Å²) in [5, 5.41) is 15.4. The fraction of sp³-hybridized carbons (Fsp3) is 0.211. The van der Waals surface area contributed by atoms with Crippen molar-refractivity contribution in [1.82, 2.24) is 9.78 Å². The number of nitrogens with zero attached hydrogens (tertiary/aromatic N) is 2. The van der Waals surface area contributed by atoms with Crippen molar-refractivity contribution in [3.05, 3.63) is 60.2 Å². The monoisotopic (exact) mass is 292 g/mol. The molecule has 3 heteroatoms. The van der Waals surface area contributed by atoms with Crippen LogP contribution in [0.25, 0.3) is 22.5 Å². The van der Waals surface area contributed by atoms with Gasteiger partial charge in [0, 0.05) is 17.7 Å². The van der Waals surface area contributed by atoms with Gasteiger partial charge in [-0.05, 0) is 13.3 Å². The molecule has 1 aromatic heterocycles. The SMILES string of the molecule is CCCn1nc(-c2ccccc2)c(O)c1-c1ccc(C)cc1. The maximum absolute atomic E-state index is 10.7.